The lowest BCUT2D eigenvalue weighted by Gasteiger charge is -2.14. The Kier molecular flexibility index (Phi) is 3.93. The van der Waals surface area contributed by atoms with Crippen molar-refractivity contribution in [3.8, 4) is 6.07 Å². The molecule has 0 saturated heterocycles. The summed E-state index contributed by atoms with van der Waals surface area (Å²) in [6.45, 7) is -0.497. The van der Waals surface area contributed by atoms with E-state index in [4.69, 9.17) is 11.0 Å². The number of alkyl halides is 3. The molecule has 1 aromatic rings. The molecule has 1 aromatic carbocycles. The maximum Gasteiger partial charge on any atom is 0.416 e. The van der Waals surface area contributed by atoms with Crippen molar-refractivity contribution in [2.24, 2.45) is 5.73 Å². The highest BCUT2D eigenvalue weighted by atomic mass is 19.4. The van der Waals surface area contributed by atoms with E-state index in [1.165, 1.54) is 0 Å². The minimum absolute atomic E-state index is 0.228. The Morgan fingerprint density at radius 3 is 2.50 bits per heavy atom. The van der Waals surface area contributed by atoms with Gasteiger partial charge in [-0.05, 0) is 17.7 Å². The van der Waals surface area contributed by atoms with Crippen molar-refractivity contribution in [1.29, 1.82) is 5.26 Å². The van der Waals surface area contributed by atoms with E-state index in [9.17, 15) is 18.0 Å². The van der Waals surface area contributed by atoms with Crippen molar-refractivity contribution in [3.63, 3.8) is 0 Å². The average molecular weight is 258 g/mol. The van der Waals surface area contributed by atoms with Crippen molar-refractivity contribution in [2.75, 3.05) is 7.11 Å². The fourth-order valence-corrected chi connectivity index (χ4v) is 1.53. The molecule has 2 N–H and O–H groups in total. The normalized spacial score (nSPS) is 10.9. The van der Waals surface area contributed by atoms with E-state index in [-0.39, 0.29) is 5.56 Å². The molecule has 0 fully saturated rings. The second-order valence-electron chi connectivity index (χ2n) is 3.32. The second-order valence-corrected chi connectivity index (χ2v) is 3.32. The molecule has 0 spiro atoms. The predicted octanol–water partition coefficient (Wildman–Crippen LogP) is 1.82. The molecule has 0 unspecified atom stereocenters. The minimum Gasteiger partial charge on any atom is -0.465 e. The van der Waals surface area contributed by atoms with Gasteiger partial charge in [-0.2, -0.15) is 18.4 Å². The number of benzene rings is 1. The molecule has 18 heavy (non-hydrogen) atoms. The first-order chi connectivity index (χ1) is 8.36. The second kappa shape index (κ2) is 5.06. The van der Waals surface area contributed by atoms with Gasteiger partial charge < -0.3 is 10.5 Å². The van der Waals surface area contributed by atoms with Crippen LogP contribution in [0.5, 0.6) is 0 Å². The third-order valence-electron chi connectivity index (χ3n) is 2.34. The molecule has 7 heteroatoms. The molecule has 0 radical (unpaired) electrons. The highest BCUT2D eigenvalue weighted by molar-refractivity contribution is 5.92. The van der Waals surface area contributed by atoms with E-state index in [0.717, 1.165) is 19.2 Å². The van der Waals surface area contributed by atoms with E-state index in [1.54, 1.807) is 6.07 Å². The van der Waals surface area contributed by atoms with Gasteiger partial charge in [-0.25, -0.2) is 4.79 Å². The quantitative estimate of drug-likeness (QED) is 0.821. The van der Waals surface area contributed by atoms with Gasteiger partial charge in [-0.15, -0.1) is 0 Å². The molecule has 96 valence electrons. The zero-order chi connectivity index (χ0) is 13.9. The maximum atomic E-state index is 12.7. The number of carbonyl (C=O) groups is 1. The first kappa shape index (κ1) is 14.0. The molecule has 0 atom stereocenters. The Morgan fingerprint density at radius 1 is 1.50 bits per heavy atom. The first-order valence-corrected chi connectivity index (χ1v) is 4.78. The number of nitrogens with zero attached hydrogens (tertiary/aromatic N) is 1. The van der Waals surface area contributed by atoms with Crippen LogP contribution in [0.4, 0.5) is 13.2 Å². The number of nitrogens with two attached hydrogens (primary N) is 1. The summed E-state index contributed by atoms with van der Waals surface area (Å²) >= 11 is 0. The molecule has 0 aliphatic heterocycles. The zero-order valence-corrected chi connectivity index (χ0v) is 9.34. The summed E-state index contributed by atoms with van der Waals surface area (Å²) in [5.41, 5.74) is 3.17. The van der Waals surface area contributed by atoms with Crippen LogP contribution in [-0.2, 0) is 17.5 Å². The molecule has 0 bridgehead atoms. The van der Waals surface area contributed by atoms with Gasteiger partial charge >= 0.3 is 12.1 Å². The Labute approximate surface area is 101 Å². The molecule has 4 nitrogen and oxygen atoms in total. The van der Waals surface area contributed by atoms with Gasteiger partial charge in [-0.1, -0.05) is 0 Å². The summed E-state index contributed by atoms with van der Waals surface area (Å²) in [6, 6.07) is 3.19. The van der Waals surface area contributed by atoms with Gasteiger partial charge in [0.1, 0.15) is 6.07 Å². The number of nitriles is 1. The van der Waals surface area contributed by atoms with Crippen molar-refractivity contribution in [2.45, 2.75) is 12.7 Å². The van der Waals surface area contributed by atoms with Crippen LogP contribution >= 0.6 is 0 Å². The lowest BCUT2D eigenvalue weighted by Crippen LogP contribution is -2.16. The minimum atomic E-state index is -4.63. The van der Waals surface area contributed by atoms with Gasteiger partial charge in [-0.3, -0.25) is 0 Å². The predicted molar refractivity (Wildman–Crippen MR) is 55.4 cm³/mol. The van der Waals surface area contributed by atoms with E-state index in [1.807, 2.05) is 0 Å². The summed E-state index contributed by atoms with van der Waals surface area (Å²) in [7, 11) is 1.07. The number of methoxy groups -OCH3 is 1. The molecule has 0 aliphatic rings. The fraction of sp³-hybridized carbons (Fsp3) is 0.273. The van der Waals surface area contributed by atoms with Crippen LogP contribution in [0.1, 0.15) is 27.0 Å². The summed E-state index contributed by atoms with van der Waals surface area (Å²) in [6.07, 6.45) is -4.63. The van der Waals surface area contributed by atoms with Gasteiger partial charge in [0.2, 0.25) is 0 Å². The van der Waals surface area contributed by atoms with E-state index < -0.39 is 35.4 Å². The fourth-order valence-electron chi connectivity index (χ4n) is 1.53. The molecular weight excluding hydrogens is 249 g/mol. The number of halogens is 3. The Morgan fingerprint density at radius 2 is 2.11 bits per heavy atom. The van der Waals surface area contributed by atoms with Crippen molar-refractivity contribution < 1.29 is 22.7 Å². The molecule has 1 rings (SSSR count). The van der Waals surface area contributed by atoms with Gasteiger partial charge in [0.25, 0.3) is 0 Å². The molecular formula is C11H9F3N2O2. The van der Waals surface area contributed by atoms with Crippen LogP contribution in [0.2, 0.25) is 0 Å². The third-order valence-corrected chi connectivity index (χ3v) is 2.34. The van der Waals surface area contributed by atoms with Crippen molar-refractivity contribution >= 4 is 5.97 Å². The lowest BCUT2D eigenvalue weighted by molar-refractivity contribution is -0.138. The maximum absolute atomic E-state index is 12.7. The topological polar surface area (TPSA) is 76.1 Å². The van der Waals surface area contributed by atoms with E-state index in [2.05, 4.69) is 4.74 Å². The number of hydrogen-bond acceptors (Lipinski definition) is 4. The summed E-state index contributed by atoms with van der Waals surface area (Å²) in [5.74, 6) is -0.880. The molecule has 0 aromatic heterocycles. The van der Waals surface area contributed by atoms with Crippen molar-refractivity contribution in [3.05, 3.63) is 34.4 Å². The third kappa shape index (κ3) is 2.43. The van der Waals surface area contributed by atoms with Crippen LogP contribution in [0, 0.1) is 11.3 Å². The van der Waals surface area contributed by atoms with Crippen LogP contribution in [0.3, 0.4) is 0 Å². The number of ether oxygens (including phenoxy) is 1. The summed E-state index contributed by atoms with van der Waals surface area (Å²) in [4.78, 5) is 11.3. The standard InChI is InChI=1S/C11H9F3N2O2/c1-18-10(17)6-2-3-9(11(12,13)14)8(5-16)7(6)4-15/h2-3H,5,16H2,1H3. The average Bonchev–Trinajstić information content (AvgIpc) is 2.34. The van der Waals surface area contributed by atoms with E-state index >= 15 is 0 Å². The summed E-state index contributed by atoms with van der Waals surface area (Å²) < 4.78 is 42.4. The van der Waals surface area contributed by atoms with Gasteiger partial charge in [0.05, 0.1) is 23.8 Å². The highest BCUT2D eigenvalue weighted by Gasteiger charge is 2.35. The SMILES string of the molecule is COC(=O)c1ccc(C(F)(F)F)c(CN)c1C#N. The van der Waals surface area contributed by atoms with Crippen LogP contribution < -0.4 is 5.73 Å². The smallest absolute Gasteiger partial charge is 0.416 e. The Balaban J connectivity index is 3.58. The molecule has 0 saturated carbocycles. The van der Waals surface area contributed by atoms with Crippen molar-refractivity contribution in [1.82, 2.24) is 0 Å². The number of esters is 1. The van der Waals surface area contributed by atoms with Crippen LogP contribution in [-0.4, -0.2) is 13.1 Å². The molecule has 0 aliphatic carbocycles. The van der Waals surface area contributed by atoms with Crippen LogP contribution in [0.15, 0.2) is 12.1 Å². The number of rotatable bonds is 2. The largest absolute Gasteiger partial charge is 0.465 e. The molecule has 0 heterocycles. The van der Waals surface area contributed by atoms with Crippen LogP contribution in [0.25, 0.3) is 0 Å². The number of hydrogen-bond donors (Lipinski definition) is 1. The zero-order valence-electron chi connectivity index (χ0n) is 9.34. The van der Waals surface area contributed by atoms with E-state index in [0.29, 0.717) is 0 Å². The molecule has 0 amide bonds. The van der Waals surface area contributed by atoms with Gasteiger partial charge in [0.15, 0.2) is 0 Å². The first-order valence-electron chi connectivity index (χ1n) is 4.78. The summed E-state index contributed by atoms with van der Waals surface area (Å²) in [5, 5.41) is 8.88. The Bertz CT molecular complexity index is 518. The monoisotopic (exact) mass is 258 g/mol. The lowest BCUT2D eigenvalue weighted by atomic mass is 9.96. The Hall–Kier alpha value is -2.07. The highest BCUT2D eigenvalue weighted by Crippen LogP contribution is 2.34. The number of carbonyl (C=O) groups excluding carboxylic acids is 1. The van der Waals surface area contributed by atoms with Gasteiger partial charge in [0, 0.05) is 6.54 Å².